The van der Waals surface area contributed by atoms with Gasteiger partial charge in [0.15, 0.2) is 0 Å². The van der Waals surface area contributed by atoms with Gasteiger partial charge < -0.3 is 5.11 Å². The van der Waals surface area contributed by atoms with Crippen LogP contribution in [0.1, 0.15) is 11.3 Å². The summed E-state index contributed by atoms with van der Waals surface area (Å²) in [6.07, 6.45) is 3.34. The lowest BCUT2D eigenvalue weighted by atomic mass is 10.1. The van der Waals surface area contributed by atoms with E-state index in [1.54, 1.807) is 42.6 Å². The molecule has 0 unspecified atom stereocenters. The topological polar surface area (TPSA) is 56.9 Å². The van der Waals surface area contributed by atoms with Crippen molar-refractivity contribution in [1.82, 2.24) is 4.98 Å². The van der Waals surface area contributed by atoms with Crippen molar-refractivity contribution in [3.05, 3.63) is 59.9 Å². The average Bonchev–Trinajstić information content (AvgIpc) is 2.37. The number of rotatable bonds is 2. The maximum absolute atomic E-state index is 9.34. The average molecular weight is 222 g/mol. The first-order valence-corrected chi connectivity index (χ1v) is 5.12. The highest BCUT2D eigenvalue weighted by Crippen LogP contribution is 2.18. The van der Waals surface area contributed by atoms with E-state index in [1.807, 2.05) is 12.1 Å². The molecule has 0 aliphatic heterocycles. The maximum Gasteiger partial charge on any atom is 0.116 e. The summed E-state index contributed by atoms with van der Waals surface area (Å²) < 4.78 is 0. The molecule has 3 heteroatoms. The van der Waals surface area contributed by atoms with Gasteiger partial charge in [-0.3, -0.25) is 4.98 Å². The molecule has 0 saturated heterocycles. The van der Waals surface area contributed by atoms with E-state index in [-0.39, 0.29) is 5.75 Å². The minimum absolute atomic E-state index is 0.178. The second kappa shape index (κ2) is 4.95. The normalized spacial score (nSPS) is 10.9. The first-order valence-electron chi connectivity index (χ1n) is 5.12. The van der Waals surface area contributed by atoms with Gasteiger partial charge >= 0.3 is 0 Å². The molecule has 0 amide bonds. The SMILES string of the molecule is N#C/C(=C\c1cccc(O)c1)c1ccccn1. The highest BCUT2D eigenvalue weighted by atomic mass is 16.3. The van der Waals surface area contributed by atoms with Crippen LogP contribution < -0.4 is 0 Å². The van der Waals surface area contributed by atoms with Crippen LogP contribution in [0, 0.1) is 11.3 Å². The Morgan fingerprint density at radius 3 is 2.76 bits per heavy atom. The first kappa shape index (κ1) is 10.9. The summed E-state index contributed by atoms with van der Waals surface area (Å²) >= 11 is 0. The number of hydrogen-bond acceptors (Lipinski definition) is 3. The van der Waals surface area contributed by atoms with Crippen LogP contribution in [0.3, 0.4) is 0 Å². The second-order valence-electron chi connectivity index (χ2n) is 3.48. The summed E-state index contributed by atoms with van der Waals surface area (Å²) in [5.41, 5.74) is 1.86. The largest absolute Gasteiger partial charge is 0.508 e. The summed E-state index contributed by atoms with van der Waals surface area (Å²) in [5.74, 6) is 0.178. The van der Waals surface area contributed by atoms with Gasteiger partial charge in [0.2, 0.25) is 0 Å². The lowest BCUT2D eigenvalue weighted by Gasteiger charge is -1.99. The third-order valence-electron chi connectivity index (χ3n) is 2.24. The molecule has 0 saturated carbocycles. The van der Waals surface area contributed by atoms with Crippen molar-refractivity contribution < 1.29 is 5.11 Å². The molecule has 1 heterocycles. The van der Waals surface area contributed by atoms with Crippen LogP contribution in [-0.4, -0.2) is 10.1 Å². The third-order valence-corrected chi connectivity index (χ3v) is 2.24. The van der Waals surface area contributed by atoms with Crippen LogP contribution in [0.5, 0.6) is 5.75 Å². The number of aromatic hydroxyl groups is 1. The molecule has 0 spiro atoms. The van der Waals surface area contributed by atoms with Gasteiger partial charge in [-0.1, -0.05) is 18.2 Å². The van der Waals surface area contributed by atoms with Gasteiger partial charge in [-0.15, -0.1) is 0 Å². The van der Waals surface area contributed by atoms with Crippen LogP contribution in [-0.2, 0) is 0 Å². The zero-order valence-corrected chi connectivity index (χ0v) is 9.04. The van der Waals surface area contributed by atoms with Crippen molar-refractivity contribution in [1.29, 1.82) is 5.26 Å². The number of pyridine rings is 1. The van der Waals surface area contributed by atoms with Gasteiger partial charge in [0.1, 0.15) is 11.8 Å². The number of phenolic OH excluding ortho intramolecular Hbond substituents is 1. The Morgan fingerprint density at radius 1 is 1.24 bits per heavy atom. The fourth-order valence-corrected chi connectivity index (χ4v) is 1.47. The highest BCUT2D eigenvalue weighted by molar-refractivity contribution is 5.88. The number of nitriles is 1. The van der Waals surface area contributed by atoms with Gasteiger partial charge in [0.25, 0.3) is 0 Å². The molecule has 0 fully saturated rings. The standard InChI is InChI=1S/C14H10N2O/c15-10-12(14-6-1-2-7-16-14)8-11-4-3-5-13(17)9-11/h1-9,17H/b12-8+. The smallest absolute Gasteiger partial charge is 0.116 e. The minimum atomic E-state index is 0.178. The van der Waals surface area contributed by atoms with Gasteiger partial charge in [0, 0.05) is 6.20 Å². The van der Waals surface area contributed by atoms with Gasteiger partial charge in [-0.05, 0) is 35.9 Å². The van der Waals surface area contributed by atoms with E-state index >= 15 is 0 Å². The molecule has 3 nitrogen and oxygen atoms in total. The third kappa shape index (κ3) is 2.70. The van der Waals surface area contributed by atoms with Crippen molar-refractivity contribution in [2.24, 2.45) is 0 Å². The van der Waals surface area contributed by atoms with Crippen molar-refractivity contribution in [2.45, 2.75) is 0 Å². The molecular formula is C14H10N2O. The van der Waals surface area contributed by atoms with E-state index in [0.29, 0.717) is 11.3 Å². The number of hydrogen-bond donors (Lipinski definition) is 1. The summed E-state index contributed by atoms with van der Waals surface area (Å²) in [4.78, 5) is 4.12. The van der Waals surface area contributed by atoms with Crippen molar-refractivity contribution >= 4 is 11.6 Å². The quantitative estimate of drug-likeness (QED) is 0.795. The minimum Gasteiger partial charge on any atom is -0.508 e. The summed E-state index contributed by atoms with van der Waals surface area (Å²) in [7, 11) is 0. The number of allylic oxidation sites excluding steroid dienone is 1. The Hall–Kier alpha value is -2.60. The van der Waals surface area contributed by atoms with Crippen molar-refractivity contribution in [3.8, 4) is 11.8 Å². The van der Waals surface area contributed by atoms with E-state index in [2.05, 4.69) is 11.1 Å². The fraction of sp³-hybridized carbons (Fsp3) is 0. The van der Waals surface area contributed by atoms with Crippen molar-refractivity contribution in [2.75, 3.05) is 0 Å². The van der Waals surface area contributed by atoms with Gasteiger partial charge in [-0.25, -0.2) is 0 Å². The Bertz CT molecular complexity index is 583. The Kier molecular flexibility index (Phi) is 3.18. The van der Waals surface area contributed by atoms with E-state index in [0.717, 1.165) is 5.56 Å². The monoisotopic (exact) mass is 222 g/mol. The molecule has 0 bridgehead atoms. The molecular weight excluding hydrogens is 212 g/mol. The molecule has 1 aromatic heterocycles. The summed E-state index contributed by atoms with van der Waals surface area (Å²) in [6, 6.07) is 14.2. The van der Waals surface area contributed by atoms with Crippen molar-refractivity contribution in [3.63, 3.8) is 0 Å². The number of nitrogens with zero attached hydrogens (tertiary/aromatic N) is 2. The Labute approximate surface area is 99.3 Å². The number of benzene rings is 1. The summed E-state index contributed by atoms with van der Waals surface area (Å²) in [6.45, 7) is 0. The first-order chi connectivity index (χ1) is 8.29. The predicted molar refractivity (Wildman–Crippen MR) is 65.8 cm³/mol. The molecule has 0 atom stereocenters. The molecule has 0 aliphatic rings. The maximum atomic E-state index is 9.34. The van der Waals surface area contributed by atoms with Gasteiger partial charge in [0.05, 0.1) is 11.3 Å². The number of phenols is 1. The molecule has 17 heavy (non-hydrogen) atoms. The van der Waals surface area contributed by atoms with Crippen LogP contribution in [0.15, 0.2) is 48.7 Å². The lowest BCUT2D eigenvalue weighted by molar-refractivity contribution is 0.475. The van der Waals surface area contributed by atoms with E-state index in [9.17, 15) is 5.11 Å². The molecule has 2 rings (SSSR count). The van der Waals surface area contributed by atoms with E-state index < -0.39 is 0 Å². The van der Waals surface area contributed by atoms with Crippen LogP contribution in [0.4, 0.5) is 0 Å². The zero-order chi connectivity index (χ0) is 12.1. The van der Waals surface area contributed by atoms with Gasteiger partial charge in [-0.2, -0.15) is 5.26 Å². The van der Waals surface area contributed by atoms with E-state index in [1.165, 1.54) is 0 Å². The zero-order valence-electron chi connectivity index (χ0n) is 9.04. The Balaban J connectivity index is 2.41. The highest BCUT2D eigenvalue weighted by Gasteiger charge is 2.01. The lowest BCUT2D eigenvalue weighted by Crippen LogP contribution is -1.85. The molecule has 1 aromatic carbocycles. The van der Waals surface area contributed by atoms with E-state index in [4.69, 9.17) is 5.26 Å². The molecule has 0 radical (unpaired) electrons. The number of aromatic nitrogens is 1. The molecule has 82 valence electrons. The molecule has 2 aromatic rings. The predicted octanol–water partition coefficient (Wildman–Crippen LogP) is 2.85. The summed E-state index contributed by atoms with van der Waals surface area (Å²) in [5, 5.41) is 18.4. The Morgan fingerprint density at radius 2 is 2.12 bits per heavy atom. The van der Waals surface area contributed by atoms with Crippen LogP contribution in [0.25, 0.3) is 11.6 Å². The molecule has 0 aliphatic carbocycles. The second-order valence-corrected chi connectivity index (χ2v) is 3.48. The molecule has 1 N–H and O–H groups in total. The fourth-order valence-electron chi connectivity index (χ4n) is 1.47. The van der Waals surface area contributed by atoms with Crippen LogP contribution in [0.2, 0.25) is 0 Å². The van der Waals surface area contributed by atoms with Crippen LogP contribution >= 0.6 is 0 Å².